The average Bonchev–Trinajstić information content (AvgIpc) is 3.22. The Morgan fingerprint density at radius 3 is 2.33 bits per heavy atom. The zero-order valence-electron chi connectivity index (χ0n) is 21.8. The minimum Gasteiger partial charge on any atom is -0.493 e. The number of benzene rings is 1. The van der Waals surface area contributed by atoms with Crippen LogP contribution in [0.5, 0.6) is 5.75 Å². The van der Waals surface area contributed by atoms with E-state index < -0.39 is 0 Å². The van der Waals surface area contributed by atoms with Crippen molar-refractivity contribution in [1.82, 2.24) is 0 Å². The molecule has 2 aliphatic rings. The van der Waals surface area contributed by atoms with Gasteiger partial charge >= 0.3 is 5.97 Å². The fourth-order valence-electron chi connectivity index (χ4n) is 5.07. The van der Waals surface area contributed by atoms with E-state index in [1.54, 1.807) is 6.08 Å². The Hall–Kier alpha value is -2.29. The molecule has 0 atom stereocenters. The smallest absolute Gasteiger partial charge is 0.330 e. The van der Waals surface area contributed by atoms with Gasteiger partial charge in [-0.05, 0) is 103 Å². The molecule has 0 unspecified atom stereocenters. The normalized spacial score (nSPS) is 19.7. The zero-order valence-corrected chi connectivity index (χ0v) is 21.8. The van der Waals surface area contributed by atoms with Crippen molar-refractivity contribution in [1.29, 1.82) is 0 Å². The summed E-state index contributed by atoms with van der Waals surface area (Å²) in [6, 6.07) is 4.79. The summed E-state index contributed by atoms with van der Waals surface area (Å²) in [5, 5.41) is 0. The predicted octanol–water partition coefficient (Wildman–Crippen LogP) is 7.83. The maximum atomic E-state index is 11.8. The lowest BCUT2D eigenvalue weighted by Gasteiger charge is -2.42. The van der Waals surface area contributed by atoms with E-state index >= 15 is 0 Å². The molecule has 2 aliphatic carbocycles. The van der Waals surface area contributed by atoms with Gasteiger partial charge in [0, 0.05) is 11.6 Å². The molecule has 0 aliphatic heterocycles. The molecule has 3 rings (SSSR count). The largest absolute Gasteiger partial charge is 0.493 e. The molecule has 180 valence electrons. The van der Waals surface area contributed by atoms with Gasteiger partial charge in [0.05, 0.1) is 13.2 Å². The third-order valence-corrected chi connectivity index (χ3v) is 7.18. The summed E-state index contributed by atoms with van der Waals surface area (Å²) in [5.41, 5.74) is 8.15. The number of esters is 1. The minimum absolute atomic E-state index is 0.162. The van der Waals surface area contributed by atoms with Crippen LogP contribution in [0.1, 0.15) is 104 Å². The Bertz CT molecular complexity index is 973. The Balaban J connectivity index is 2.07. The molecule has 0 saturated carbocycles. The number of rotatable bonds is 8. The maximum absolute atomic E-state index is 11.8. The first kappa shape index (κ1) is 25.3. The molecule has 0 amide bonds. The van der Waals surface area contributed by atoms with Crippen molar-refractivity contribution in [3.05, 3.63) is 58.2 Å². The molecule has 0 heterocycles. The highest BCUT2D eigenvalue weighted by Gasteiger charge is 2.38. The molecule has 0 aromatic heterocycles. The molecule has 0 spiro atoms. The van der Waals surface area contributed by atoms with Crippen LogP contribution < -0.4 is 4.74 Å². The van der Waals surface area contributed by atoms with Crippen LogP contribution in [0, 0.1) is 0 Å². The highest BCUT2D eigenvalue weighted by atomic mass is 16.5. The standard InChI is InChI=1S/C30H42O3/c1-8-17-33-27-20-26-25(29(4,5)15-16-30(26,6)7)19-24(27)23-12-10-11-22(23)14-13-21(3)18-28(31)32-9-2/h13-14,18-20H,8-12,15-17H2,1-7H3. The van der Waals surface area contributed by atoms with Gasteiger partial charge < -0.3 is 9.47 Å². The predicted molar refractivity (Wildman–Crippen MR) is 138 cm³/mol. The monoisotopic (exact) mass is 450 g/mol. The van der Waals surface area contributed by atoms with E-state index in [0.29, 0.717) is 6.61 Å². The summed E-state index contributed by atoms with van der Waals surface area (Å²) in [6.07, 6.45) is 12.4. The Labute approximate surface area is 200 Å². The van der Waals surface area contributed by atoms with Gasteiger partial charge in [0.25, 0.3) is 0 Å². The van der Waals surface area contributed by atoms with Crippen LogP contribution in [0.25, 0.3) is 5.57 Å². The summed E-state index contributed by atoms with van der Waals surface area (Å²) in [6.45, 7) is 16.6. The van der Waals surface area contributed by atoms with Crippen molar-refractivity contribution in [3.8, 4) is 5.75 Å². The van der Waals surface area contributed by atoms with Crippen molar-refractivity contribution in [2.75, 3.05) is 13.2 Å². The van der Waals surface area contributed by atoms with Gasteiger partial charge in [0.15, 0.2) is 0 Å². The van der Waals surface area contributed by atoms with Crippen molar-refractivity contribution in [2.24, 2.45) is 0 Å². The van der Waals surface area contributed by atoms with Gasteiger partial charge in [-0.3, -0.25) is 0 Å². The molecule has 1 aromatic rings. The number of allylic oxidation sites excluding steroid dienone is 5. The summed E-state index contributed by atoms with van der Waals surface area (Å²) in [7, 11) is 0. The quantitative estimate of drug-likeness (QED) is 0.230. The van der Waals surface area contributed by atoms with E-state index in [4.69, 9.17) is 9.47 Å². The van der Waals surface area contributed by atoms with E-state index in [-0.39, 0.29) is 16.8 Å². The molecule has 33 heavy (non-hydrogen) atoms. The Morgan fingerprint density at radius 1 is 1.03 bits per heavy atom. The summed E-state index contributed by atoms with van der Waals surface area (Å²) < 4.78 is 11.4. The molecule has 0 bridgehead atoms. The molecule has 0 N–H and O–H groups in total. The zero-order chi connectivity index (χ0) is 24.2. The number of ether oxygens (including phenoxy) is 2. The Kier molecular flexibility index (Phi) is 7.92. The third-order valence-electron chi connectivity index (χ3n) is 7.18. The van der Waals surface area contributed by atoms with E-state index in [1.807, 2.05) is 19.9 Å². The van der Waals surface area contributed by atoms with E-state index in [9.17, 15) is 4.79 Å². The number of carbonyl (C=O) groups is 1. The minimum atomic E-state index is -0.282. The van der Waals surface area contributed by atoms with E-state index in [2.05, 4.69) is 52.8 Å². The summed E-state index contributed by atoms with van der Waals surface area (Å²) in [5.74, 6) is 0.748. The van der Waals surface area contributed by atoms with Crippen LogP contribution in [0.15, 0.2) is 41.5 Å². The van der Waals surface area contributed by atoms with Gasteiger partial charge in [-0.15, -0.1) is 0 Å². The summed E-state index contributed by atoms with van der Waals surface area (Å²) in [4.78, 5) is 11.8. The van der Waals surface area contributed by atoms with Gasteiger partial charge in [0.1, 0.15) is 5.75 Å². The van der Waals surface area contributed by atoms with Crippen molar-refractivity contribution >= 4 is 11.5 Å². The first-order chi connectivity index (χ1) is 15.6. The fraction of sp³-hybridized carbons (Fsp3) is 0.567. The summed E-state index contributed by atoms with van der Waals surface area (Å²) >= 11 is 0. The lowest BCUT2D eigenvalue weighted by molar-refractivity contribution is -0.137. The van der Waals surface area contributed by atoms with Crippen molar-refractivity contribution in [3.63, 3.8) is 0 Å². The lowest BCUT2D eigenvalue weighted by Crippen LogP contribution is -2.34. The molecular formula is C30H42O3. The Morgan fingerprint density at radius 2 is 1.70 bits per heavy atom. The first-order valence-electron chi connectivity index (χ1n) is 12.7. The third kappa shape index (κ3) is 5.80. The van der Waals surface area contributed by atoms with Crippen LogP contribution in [0.4, 0.5) is 0 Å². The second-order valence-electron chi connectivity index (χ2n) is 10.8. The van der Waals surface area contributed by atoms with Gasteiger partial charge in [0.2, 0.25) is 0 Å². The molecule has 3 heteroatoms. The second kappa shape index (κ2) is 10.3. The molecule has 3 nitrogen and oxygen atoms in total. The van der Waals surface area contributed by atoms with Gasteiger partial charge in [-0.2, -0.15) is 0 Å². The van der Waals surface area contributed by atoms with Crippen LogP contribution in [-0.2, 0) is 20.4 Å². The number of fused-ring (bicyclic) bond motifs is 1. The maximum Gasteiger partial charge on any atom is 0.330 e. The number of carbonyl (C=O) groups excluding carboxylic acids is 1. The molecule has 0 radical (unpaired) electrons. The van der Waals surface area contributed by atoms with Crippen LogP contribution in [-0.4, -0.2) is 19.2 Å². The second-order valence-corrected chi connectivity index (χ2v) is 10.8. The van der Waals surface area contributed by atoms with Crippen molar-refractivity contribution in [2.45, 2.75) is 97.8 Å². The fourth-order valence-corrected chi connectivity index (χ4v) is 5.07. The SMILES string of the molecule is CCCOc1cc2c(cc1C1=C(C=CC(C)=CC(=O)OCC)CCC1)C(C)(C)CCC2(C)C. The van der Waals surface area contributed by atoms with Crippen molar-refractivity contribution < 1.29 is 14.3 Å². The molecular weight excluding hydrogens is 408 g/mol. The molecule has 0 saturated heterocycles. The van der Waals surface area contributed by atoms with E-state index in [0.717, 1.165) is 43.6 Å². The topological polar surface area (TPSA) is 35.5 Å². The lowest BCUT2D eigenvalue weighted by atomic mass is 9.62. The number of hydrogen-bond donors (Lipinski definition) is 0. The highest BCUT2D eigenvalue weighted by Crippen LogP contribution is 2.50. The molecule has 0 fully saturated rings. The van der Waals surface area contributed by atoms with Crippen LogP contribution in [0.2, 0.25) is 0 Å². The first-order valence-corrected chi connectivity index (χ1v) is 12.7. The highest BCUT2D eigenvalue weighted by molar-refractivity contribution is 5.83. The van der Waals surface area contributed by atoms with Crippen LogP contribution in [0.3, 0.4) is 0 Å². The van der Waals surface area contributed by atoms with Crippen LogP contribution >= 0.6 is 0 Å². The van der Waals surface area contributed by atoms with Gasteiger partial charge in [-0.25, -0.2) is 4.79 Å². The average molecular weight is 451 g/mol. The molecule has 1 aromatic carbocycles. The number of hydrogen-bond acceptors (Lipinski definition) is 3. The van der Waals surface area contributed by atoms with Gasteiger partial charge in [-0.1, -0.05) is 46.8 Å². The van der Waals surface area contributed by atoms with E-state index in [1.165, 1.54) is 40.7 Å².